The van der Waals surface area contributed by atoms with E-state index in [0.29, 0.717) is 12.0 Å². The van der Waals surface area contributed by atoms with Gasteiger partial charge in [0.1, 0.15) is 36.9 Å². The Morgan fingerprint density at radius 1 is 0.755 bits per heavy atom. The van der Waals surface area contributed by atoms with Gasteiger partial charge in [-0.1, -0.05) is 142 Å². The van der Waals surface area contributed by atoms with E-state index in [9.17, 15) is 14.7 Å². The zero-order valence-electron chi connectivity index (χ0n) is 30.7. The third-order valence-corrected chi connectivity index (χ3v) is 14.7. The van der Waals surface area contributed by atoms with E-state index in [2.05, 4.69) is 45.0 Å². The van der Waals surface area contributed by atoms with E-state index in [4.69, 9.17) is 18.6 Å². The maximum atomic E-state index is 13.9. The van der Waals surface area contributed by atoms with Crippen molar-refractivity contribution in [3.8, 4) is 11.5 Å². The average Bonchev–Trinajstić information content (AvgIpc) is 3.57. The van der Waals surface area contributed by atoms with Crippen LogP contribution in [0, 0.1) is 6.92 Å². The molecule has 1 N–H and O–H groups in total. The van der Waals surface area contributed by atoms with E-state index in [0.717, 1.165) is 21.5 Å². The fraction of sp³-hybridized carbons (Fsp3) is 0.273. The number of phenolic OH excluding ortho intramolecular Hbond substituents is 1. The molecule has 1 amide bonds. The summed E-state index contributed by atoms with van der Waals surface area (Å²) in [5, 5.41) is 13.0. The number of aryl methyl sites for hydroxylation is 1. The number of ether oxygens (including phenoxy) is 3. The van der Waals surface area contributed by atoms with Gasteiger partial charge < -0.3 is 23.7 Å². The number of benzene rings is 5. The van der Waals surface area contributed by atoms with Gasteiger partial charge in [0.2, 0.25) is 0 Å². The van der Waals surface area contributed by atoms with E-state index in [1.54, 1.807) is 11.0 Å². The number of carbonyl (C=O) groups excluding carboxylic acids is 2. The van der Waals surface area contributed by atoms with Crippen molar-refractivity contribution in [2.75, 3.05) is 13.2 Å². The minimum absolute atomic E-state index is 0.0307. The van der Waals surface area contributed by atoms with Gasteiger partial charge in [-0.3, -0.25) is 4.90 Å². The Kier molecular flexibility index (Phi) is 11.7. The van der Waals surface area contributed by atoms with Crippen molar-refractivity contribution in [3.05, 3.63) is 156 Å². The summed E-state index contributed by atoms with van der Waals surface area (Å²) in [6.07, 6.45) is -0.359. The highest BCUT2D eigenvalue weighted by Gasteiger charge is 2.53. The van der Waals surface area contributed by atoms with E-state index in [-0.39, 0.29) is 54.6 Å². The van der Waals surface area contributed by atoms with Gasteiger partial charge in [-0.05, 0) is 57.6 Å². The molecule has 0 spiro atoms. The smallest absolute Gasteiger partial charge is 0.410 e. The first kappa shape index (κ1) is 37.4. The number of amides is 1. The fourth-order valence-corrected chi connectivity index (χ4v) is 11.8. The minimum atomic E-state index is -2.96. The first-order valence-corrected chi connectivity index (χ1v) is 19.9. The molecular weight excluding hydrogens is 683 g/mol. The molecule has 0 radical (unpaired) electrons. The Morgan fingerprint density at radius 2 is 1.26 bits per heavy atom. The summed E-state index contributed by atoms with van der Waals surface area (Å²) < 4.78 is 25.3. The second-order valence-corrected chi connectivity index (χ2v) is 18.8. The van der Waals surface area contributed by atoms with Crippen LogP contribution in [0.2, 0.25) is 5.04 Å². The summed E-state index contributed by atoms with van der Waals surface area (Å²) in [5.41, 5.74) is 2.33. The summed E-state index contributed by atoms with van der Waals surface area (Å²) in [6, 6.07) is 42.4. The standard InChI is InChI=1S/C44H47NO7Si/c1-32-25-39(46)41(42(47)50-29-33-17-9-5-10-18-33)40(26-32)49-31-35-27-36(28-45(35)43(48)51-30-34-19-11-6-12-20-34)52-53(44(2,3)4,37-21-13-7-14-22-37)38-23-15-8-16-24-38/h5-26,35-36,46H,27-31H2,1-4H3/t35-,36-/m1/s1. The SMILES string of the molecule is Cc1cc(O)c(C(=O)OCc2ccccc2)c(OC[C@H]2C[C@@H](O[Si](c3ccccc3)(c3ccccc3)C(C)(C)C)CN2C(=O)OCc2ccccc2)c1. The molecule has 274 valence electrons. The van der Waals surface area contributed by atoms with Crippen LogP contribution in [0.3, 0.4) is 0 Å². The Morgan fingerprint density at radius 3 is 1.79 bits per heavy atom. The van der Waals surface area contributed by atoms with Crippen molar-refractivity contribution in [2.45, 2.75) is 64.5 Å². The molecule has 0 saturated carbocycles. The Bertz CT molecular complexity index is 1930. The largest absolute Gasteiger partial charge is 0.507 e. The molecule has 0 aliphatic carbocycles. The minimum Gasteiger partial charge on any atom is -0.507 e. The molecule has 1 heterocycles. The zero-order valence-corrected chi connectivity index (χ0v) is 31.7. The number of carbonyl (C=O) groups is 2. The lowest BCUT2D eigenvalue weighted by Gasteiger charge is -2.44. The molecule has 1 aliphatic rings. The molecule has 0 unspecified atom stereocenters. The van der Waals surface area contributed by atoms with Crippen LogP contribution in [-0.2, 0) is 27.1 Å². The molecule has 0 bridgehead atoms. The van der Waals surface area contributed by atoms with Crippen molar-refractivity contribution in [2.24, 2.45) is 0 Å². The monoisotopic (exact) mass is 729 g/mol. The lowest BCUT2D eigenvalue weighted by Crippen LogP contribution is -2.67. The van der Waals surface area contributed by atoms with Gasteiger partial charge in [0.25, 0.3) is 8.32 Å². The highest BCUT2D eigenvalue weighted by atomic mass is 28.4. The molecule has 6 rings (SSSR count). The topological polar surface area (TPSA) is 94.5 Å². The third kappa shape index (κ3) is 8.64. The molecule has 5 aromatic carbocycles. The quantitative estimate of drug-likeness (QED) is 0.104. The van der Waals surface area contributed by atoms with Crippen LogP contribution in [-0.4, -0.2) is 55.7 Å². The Labute approximate surface area is 313 Å². The average molecular weight is 730 g/mol. The highest BCUT2D eigenvalue weighted by molar-refractivity contribution is 6.99. The van der Waals surface area contributed by atoms with Crippen LogP contribution in [0.1, 0.15) is 54.2 Å². The molecule has 1 fully saturated rings. The van der Waals surface area contributed by atoms with Gasteiger partial charge in [-0.2, -0.15) is 0 Å². The number of phenols is 1. The van der Waals surface area contributed by atoms with Crippen LogP contribution in [0.4, 0.5) is 4.79 Å². The summed E-state index contributed by atoms with van der Waals surface area (Å²) >= 11 is 0. The second kappa shape index (κ2) is 16.5. The zero-order chi connectivity index (χ0) is 37.4. The molecule has 1 aliphatic heterocycles. The number of rotatable bonds is 12. The maximum absolute atomic E-state index is 13.9. The number of esters is 1. The van der Waals surface area contributed by atoms with Crippen LogP contribution >= 0.6 is 0 Å². The maximum Gasteiger partial charge on any atom is 0.410 e. The third-order valence-electron chi connectivity index (χ3n) is 9.65. The first-order chi connectivity index (χ1) is 25.5. The fourth-order valence-electron chi connectivity index (χ4n) is 7.12. The second-order valence-electron chi connectivity index (χ2n) is 14.5. The summed E-state index contributed by atoms with van der Waals surface area (Å²) in [4.78, 5) is 28.9. The Balaban J connectivity index is 1.29. The molecule has 0 aromatic heterocycles. The van der Waals surface area contributed by atoms with Gasteiger partial charge in [-0.25, -0.2) is 9.59 Å². The molecule has 53 heavy (non-hydrogen) atoms. The van der Waals surface area contributed by atoms with Crippen LogP contribution in [0.15, 0.2) is 133 Å². The van der Waals surface area contributed by atoms with E-state index in [1.807, 2.05) is 104 Å². The van der Waals surface area contributed by atoms with Crippen LogP contribution < -0.4 is 15.1 Å². The number of hydrogen-bond donors (Lipinski definition) is 1. The molecule has 8 nitrogen and oxygen atoms in total. The van der Waals surface area contributed by atoms with Gasteiger partial charge in [-0.15, -0.1) is 0 Å². The molecule has 9 heteroatoms. The van der Waals surface area contributed by atoms with Crippen molar-refractivity contribution >= 4 is 30.8 Å². The molecule has 1 saturated heterocycles. The van der Waals surface area contributed by atoms with Crippen molar-refractivity contribution in [1.82, 2.24) is 4.90 Å². The van der Waals surface area contributed by atoms with Gasteiger partial charge >= 0.3 is 12.1 Å². The molecular formula is C44H47NO7Si. The van der Waals surface area contributed by atoms with Crippen molar-refractivity contribution in [3.63, 3.8) is 0 Å². The van der Waals surface area contributed by atoms with E-state index >= 15 is 0 Å². The predicted octanol–water partition coefficient (Wildman–Crippen LogP) is 7.79. The summed E-state index contributed by atoms with van der Waals surface area (Å²) in [7, 11) is -2.96. The summed E-state index contributed by atoms with van der Waals surface area (Å²) in [5.74, 6) is -0.772. The van der Waals surface area contributed by atoms with E-state index < -0.39 is 26.4 Å². The number of aromatic hydroxyl groups is 1. The highest BCUT2D eigenvalue weighted by Crippen LogP contribution is 2.39. The normalized spacial score (nSPS) is 15.9. The lowest BCUT2D eigenvalue weighted by molar-refractivity contribution is 0.0460. The predicted molar refractivity (Wildman–Crippen MR) is 208 cm³/mol. The van der Waals surface area contributed by atoms with Gasteiger partial charge in [0.15, 0.2) is 0 Å². The van der Waals surface area contributed by atoms with Gasteiger partial charge in [0.05, 0.1) is 12.1 Å². The van der Waals surface area contributed by atoms with Crippen molar-refractivity contribution < 1.29 is 33.3 Å². The Hall–Kier alpha value is -5.38. The lowest BCUT2D eigenvalue weighted by atomic mass is 10.1. The number of hydrogen-bond acceptors (Lipinski definition) is 7. The summed E-state index contributed by atoms with van der Waals surface area (Å²) in [6.45, 7) is 8.96. The van der Waals surface area contributed by atoms with Crippen LogP contribution in [0.5, 0.6) is 11.5 Å². The molecule has 2 atom stereocenters. The van der Waals surface area contributed by atoms with Crippen LogP contribution in [0.25, 0.3) is 0 Å². The number of likely N-dealkylation sites (tertiary alicyclic amines) is 1. The first-order valence-electron chi connectivity index (χ1n) is 18.0. The number of nitrogens with zero attached hydrogens (tertiary/aromatic N) is 1. The van der Waals surface area contributed by atoms with E-state index in [1.165, 1.54) is 6.07 Å². The van der Waals surface area contributed by atoms with Crippen molar-refractivity contribution in [1.29, 1.82) is 0 Å². The van der Waals surface area contributed by atoms with Gasteiger partial charge in [0, 0.05) is 6.54 Å². The molecule has 5 aromatic rings.